The molecule has 1 aliphatic rings. The number of rotatable bonds is 4. The molecule has 0 bridgehead atoms. The van der Waals surface area contributed by atoms with Crippen LogP contribution in [0.25, 0.3) is 0 Å². The van der Waals surface area contributed by atoms with E-state index in [2.05, 4.69) is 13.8 Å². The van der Waals surface area contributed by atoms with Gasteiger partial charge in [-0.3, -0.25) is 4.79 Å². The molecule has 0 aliphatic carbocycles. The van der Waals surface area contributed by atoms with Gasteiger partial charge in [0.15, 0.2) is 0 Å². The number of thioether (sulfide) groups is 1. The summed E-state index contributed by atoms with van der Waals surface area (Å²) in [7, 11) is 0. The zero-order valence-electron chi connectivity index (χ0n) is 15.4. The highest BCUT2D eigenvalue weighted by molar-refractivity contribution is 8.00. The summed E-state index contributed by atoms with van der Waals surface area (Å²) in [5.74, 6) is -0.202. The van der Waals surface area contributed by atoms with Gasteiger partial charge < -0.3 is 15.2 Å². The Morgan fingerprint density at radius 2 is 1.83 bits per heavy atom. The SMILES string of the molecule is CC(C)[C@H](Sc1ccccc1N)C1C(=O)O[C@H](C(C)(C)C)O[C@@H]1C. The van der Waals surface area contributed by atoms with Crippen molar-refractivity contribution in [1.82, 2.24) is 0 Å². The molecule has 1 fully saturated rings. The fourth-order valence-corrected chi connectivity index (χ4v) is 4.23. The number of benzene rings is 1. The second-order valence-corrected chi connectivity index (χ2v) is 9.09. The lowest BCUT2D eigenvalue weighted by Crippen LogP contribution is -2.51. The van der Waals surface area contributed by atoms with Gasteiger partial charge in [-0.05, 0) is 25.0 Å². The van der Waals surface area contributed by atoms with Crippen LogP contribution in [0.4, 0.5) is 5.69 Å². The topological polar surface area (TPSA) is 61.6 Å². The van der Waals surface area contributed by atoms with Gasteiger partial charge in [0.05, 0.1) is 12.0 Å². The highest BCUT2D eigenvalue weighted by atomic mass is 32.2. The molecule has 0 amide bonds. The maximum Gasteiger partial charge on any atom is 0.315 e. The number of anilines is 1. The first kappa shape index (κ1) is 19.1. The summed E-state index contributed by atoms with van der Waals surface area (Å²) in [6.45, 7) is 12.2. The minimum atomic E-state index is -0.504. The van der Waals surface area contributed by atoms with Gasteiger partial charge in [-0.2, -0.15) is 0 Å². The average molecular weight is 352 g/mol. The first-order valence-electron chi connectivity index (χ1n) is 8.48. The Morgan fingerprint density at radius 1 is 1.21 bits per heavy atom. The Balaban J connectivity index is 2.22. The predicted octanol–water partition coefficient (Wildman–Crippen LogP) is 4.34. The normalized spacial score (nSPS) is 26.3. The van der Waals surface area contributed by atoms with E-state index in [4.69, 9.17) is 15.2 Å². The Hall–Kier alpha value is -1.20. The second-order valence-electron chi connectivity index (χ2n) is 7.87. The highest BCUT2D eigenvalue weighted by Crippen LogP contribution is 2.41. The molecule has 1 aromatic carbocycles. The first-order valence-corrected chi connectivity index (χ1v) is 9.36. The third kappa shape index (κ3) is 4.25. The van der Waals surface area contributed by atoms with Gasteiger partial charge >= 0.3 is 5.97 Å². The van der Waals surface area contributed by atoms with E-state index in [1.807, 2.05) is 52.0 Å². The summed E-state index contributed by atoms with van der Waals surface area (Å²) >= 11 is 1.64. The number of carbonyl (C=O) groups excluding carboxylic acids is 1. The molecule has 5 heteroatoms. The molecule has 1 unspecified atom stereocenters. The minimum Gasteiger partial charge on any atom is -0.435 e. The maximum atomic E-state index is 12.7. The molecule has 1 heterocycles. The van der Waals surface area contributed by atoms with Crippen LogP contribution in [0.5, 0.6) is 0 Å². The van der Waals surface area contributed by atoms with Crippen LogP contribution in [-0.2, 0) is 14.3 Å². The third-order valence-electron chi connectivity index (χ3n) is 4.24. The molecular weight excluding hydrogens is 322 g/mol. The molecule has 2 N–H and O–H groups in total. The number of nitrogen functional groups attached to an aromatic ring is 1. The van der Waals surface area contributed by atoms with Crippen molar-refractivity contribution in [3.8, 4) is 0 Å². The van der Waals surface area contributed by atoms with Crippen LogP contribution in [-0.4, -0.2) is 23.6 Å². The summed E-state index contributed by atoms with van der Waals surface area (Å²) < 4.78 is 11.7. The number of hydrogen-bond donors (Lipinski definition) is 1. The monoisotopic (exact) mass is 351 g/mol. The van der Waals surface area contributed by atoms with Gasteiger partial charge in [-0.25, -0.2) is 0 Å². The van der Waals surface area contributed by atoms with Crippen molar-refractivity contribution in [2.24, 2.45) is 17.3 Å². The zero-order chi connectivity index (χ0) is 18.1. The molecule has 24 heavy (non-hydrogen) atoms. The van der Waals surface area contributed by atoms with E-state index in [1.54, 1.807) is 11.8 Å². The lowest BCUT2D eigenvalue weighted by atomic mass is 9.89. The van der Waals surface area contributed by atoms with Gasteiger partial charge in [-0.15, -0.1) is 11.8 Å². The predicted molar refractivity (Wildman–Crippen MR) is 98.7 cm³/mol. The average Bonchev–Trinajstić information content (AvgIpc) is 2.46. The summed E-state index contributed by atoms with van der Waals surface area (Å²) in [5, 5.41) is 0.0399. The van der Waals surface area contributed by atoms with Crippen LogP contribution >= 0.6 is 11.8 Å². The summed E-state index contributed by atoms with van der Waals surface area (Å²) in [4.78, 5) is 13.7. The molecule has 0 aromatic heterocycles. The molecule has 1 aliphatic heterocycles. The van der Waals surface area contributed by atoms with Crippen molar-refractivity contribution < 1.29 is 14.3 Å². The maximum absolute atomic E-state index is 12.7. The van der Waals surface area contributed by atoms with Crippen molar-refractivity contribution in [3.63, 3.8) is 0 Å². The van der Waals surface area contributed by atoms with E-state index in [1.165, 1.54) is 0 Å². The Labute approximate surface area is 149 Å². The van der Waals surface area contributed by atoms with Crippen molar-refractivity contribution in [2.75, 3.05) is 5.73 Å². The smallest absolute Gasteiger partial charge is 0.315 e. The van der Waals surface area contributed by atoms with Gasteiger partial charge in [0.2, 0.25) is 6.29 Å². The van der Waals surface area contributed by atoms with Crippen LogP contribution in [0, 0.1) is 17.3 Å². The van der Waals surface area contributed by atoms with Gasteiger partial charge in [0, 0.05) is 21.2 Å². The fourth-order valence-electron chi connectivity index (χ4n) is 2.82. The summed E-state index contributed by atoms with van der Waals surface area (Å²) in [5.41, 5.74) is 6.58. The molecule has 2 rings (SSSR count). The number of ether oxygens (including phenoxy) is 2. The number of nitrogens with two attached hydrogens (primary N) is 1. The Kier molecular flexibility index (Phi) is 5.87. The van der Waals surface area contributed by atoms with E-state index in [0.717, 1.165) is 10.6 Å². The summed E-state index contributed by atoms with van der Waals surface area (Å²) in [6, 6.07) is 7.75. The van der Waals surface area contributed by atoms with Crippen molar-refractivity contribution in [2.45, 2.75) is 64.1 Å². The number of esters is 1. The number of hydrogen-bond acceptors (Lipinski definition) is 5. The highest BCUT2D eigenvalue weighted by Gasteiger charge is 2.46. The van der Waals surface area contributed by atoms with Gasteiger partial charge in [-0.1, -0.05) is 46.8 Å². The van der Waals surface area contributed by atoms with E-state index in [9.17, 15) is 4.79 Å². The standard InChI is InChI=1S/C19H29NO3S/c1-11(2)16(24-14-10-8-7-9-13(14)20)15-12(3)22-18(19(4,5)6)23-17(15)21/h7-12,15-16,18H,20H2,1-6H3/t12-,15?,16+,18-/m1/s1. The first-order chi connectivity index (χ1) is 11.1. The molecule has 0 spiro atoms. The molecule has 1 aromatic rings. The summed E-state index contributed by atoms with van der Waals surface area (Å²) in [6.07, 6.45) is -0.698. The third-order valence-corrected chi connectivity index (χ3v) is 5.97. The lowest BCUT2D eigenvalue weighted by Gasteiger charge is -2.42. The van der Waals surface area contributed by atoms with E-state index < -0.39 is 6.29 Å². The van der Waals surface area contributed by atoms with Crippen molar-refractivity contribution in [1.29, 1.82) is 0 Å². The molecule has 4 nitrogen and oxygen atoms in total. The van der Waals surface area contributed by atoms with Crippen LogP contribution in [0.3, 0.4) is 0 Å². The minimum absolute atomic E-state index is 0.0399. The van der Waals surface area contributed by atoms with Crippen molar-refractivity contribution >= 4 is 23.4 Å². The zero-order valence-corrected chi connectivity index (χ0v) is 16.2. The van der Waals surface area contributed by atoms with Gasteiger partial charge in [0.1, 0.15) is 0 Å². The number of carbonyl (C=O) groups is 1. The second kappa shape index (κ2) is 7.36. The van der Waals surface area contributed by atoms with Crippen LogP contribution in [0.15, 0.2) is 29.2 Å². The largest absolute Gasteiger partial charge is 0.435 e. The van der Waals surface area contributed by atoms with Crippen molar-refractivity contribution in [3.05, 3.63) is 24.3 Å². The van der Waals surface area contributed by atoms with Crippen LogP contribution in [0.1, 0.15) is 41.5 Å². The lowest BCUT2D eigenvalue weighted by molar-refractivity contribution is -0.254. The quantitative estimate of drug-likeness (QED) is 0.497. The molecule has 0 saturated carbocycles. The molecule has 4 atom stereocenters. The van der Waals surface area contributed by atoms with E-state index >= 15 is 0 Å². The Morgan fingerprint density at radius 3 is 2.33 bits per heavy atom. The Bertz CT molecular complexity index is 582. The van der Waals surface area contributed by atoms with Gasteiger partial charge in [0.25, 0.3) is 0 Å². The van der Waals surface area contributed by atoms with E-state index in [0.29, 0.717) is 0 Å². The van der Waals surface area contributed by atoms with Crippen LogP contribution in [0.2, 0.25) is 0 Å². The van der Waals surface area contributed by atoms with E-state index in [-0.39, 0.29) is 34.6 Å². The van der Waals surface area contributed by atoms with Crippen LogP contribution < -0.4 is 5.73 Å². The number of cyclic esters (lactones) is 1. The molecule has 0 radical (unpaired) electrons. The number of para-hydroxylation sites is 1. The molecule has 134 valence electrons. The fraction of sp³-hybridized carbons (Fsp3) is 0.632. The molecular formula is C19H29NO3S. The molecule has 1 saturated heterocycles.